The molecule has 1 aromatic heterocycles. The number of ether oxygens (including phenoxy) is 3. The number of anilines is 1. The number of fused-ring (bicyclic) bond motifs is 1. The molecule has 0 aliphatic carbocycles. The molecule has 0 aromatic carbocycles. The largest absolute Gasteiger partial charge is 0.468 e. The average Bonchev–Trinajstić information content (AvgIpc) is 3.33. The zero-order chi connectivity index (χ0) is 18.3. The lowest BCUT2D eigenvalue weighted by molar-refractivity contribution is -0.153. The first-order valence-electron chi connectivity index (χ1n) is 8.81. The first-order valence-corrected chi connectivity index (χ1v) is 9.62. The van der Waals surface area contributed by atoms with Gasteiger partial charge in [0.05, 0.1) is 39.2 Å². The maximum absolute atomic E-state index is 13.1. The lowest BCUT2D eigenvalue weighted by Gasteiger charge is -2.26. The Labute approximate surface area is 168 Å². The highest BCUT2D eigenvalue weighted by Crippen LogP contribution is 2.43. The molecule has 0 bridgehead atoms. The molecule has 1 aromatic rings. The molecule has 0 unspecified atom stereocenters. The molecule has 10 heteroatoms. The number of morpholine rings is 1. The lowest BCUT2D eigenvalue weighted by atomic mass is 9.81. The molecule has 0 spiro atoms. The van der Waals surface area contributed by atoms with Crippen molar-refractivity contribution in [1.82, 2.24) is 9.88 Å². The molecule has 0 saturated carbocycles. The van der Waals surface area contributed by atoms with Crippen LogP contribution in [0, 0.1) is 18.3 Å². The summed E-state index contributed by atoms with van der Waals surface area (Å²) < 4.78 is 15.9. The summed E-state index contributed by atoms with van der Waals surface area (Å²) in [6, 6.07) is 0. The van der Waals surface area contributed by atoms with Crippen LogP contribution in [0.2, 0.25) is 0 Å². The lowest BCUT2D eigenvalue weighted by Crippen LogP contribution is -2.41. The molecule has 27 heavy (non-hydrogen) atoms. The van der Waals surface area contributed by atoms with E-state index >= 15 is 0 Å². The van der Waals surface area contributed by atoms with Gasteiger partial charge in [0.15, 0.2) is 5.13 Å². The van der Waals surface area contributed by atoms with Gasteiger partial charge in [-0.05, 0) is 6.92 Å². The summed E-state index contributed by atoms with van der Waals surface area (Å²) in [7, 11) is 1.39. The molecular formula is C17H24ClN3O5S. The van der Waals surface area contributed by atoms with E-state index in [1.54, 1.807) is 4.90 Å². The van der Waals surface area contributed by atoms with Crippen molar-refractivity contribution in [2.24, 2.45) is 11.3 Å². The first-order chi connectivity index (χ1) is 12.5. The van der Waals surface area contributed by atoms with Gasteiger partial charge in [0.25, 0.3) is 5.91 Å². The van der Waals surface area contributed by atoms with Crippen molar-refractivity contribution in [1.29, 1.82) is 0 Å². The molecule has 4 rings (SSSR count). The van der Waals surface area contributed by atoms with Crippen molar-refractivity contribution in [3.05, 3.63) is 10.6 Å². The SMILES string of the molecule is COC(=O)[C@@]12COC[C@@H]1CN(C(=O)c1sc(N3CCOCC3)nc1C)C2.Cl. The van der Waals surface area contributed by atoms with E-state index in [1.165, 1.54) is 18.4 Å². The van der Waals surface area contributed by atoms with E-state index in [2.05, 4.69) is 9.88 Å². The van der Waals surface area contributed by atoms with Crippen LogP contribution in [-0.4, -0.2) is 81.5 Å². The number of hydrogen-bond donors (Lipinski definition) is 0. The maximum Gasteiger partial charge on any atom is 0.316 e. The Kier molecular flexibility index (Phi) is 5.95. The minimum atomic E-state index is -0.726. The second kappa shape index (κ2) is 7.90. The molecule has 1 amide bonds. The Morgan fingerprint density at radius 2 is 2.04 bits per heavy atom. The van der Waals surface area contributed by atoms with Gasteiger partial charge in [-0.2, -0.15) is 0 Å². The molecule has 0 radical (unpaired) electrons. The topological polar surface area (TPSA) is 81.2 Å². The number of thiazole rings is 1. The van der Waals surface area contributed by atoms with E-state index in [0.717, 1.165) is 23.9 Å². The van der Waals surface area contributed by atoms with Crippen LogP contribution in [0.3, 0.4) is 0 Å². The third kappa shape index (κ3) is 3.41. The smallest absolute Gasteiger partial charge is 0.316 e. The number of amides is 1. The quantitative estimate of drug-likeness (QED) is 0.678. The summed E-state index contributed by atoms with van der Waals surface area (Å²) in [6.07, 6.45) is 0. The van der Waals surface area contributed by atoms with Crippen LogP contribution < -0.4 is 4.90 Å². The highest BCUT2D eigenvalue weighted by Gasteiger charge is 2.58. The molecular weight excluding hydrogens is 394 g/mol. The van der Waals surface area contributed by atoms with Crippen molar-refractivity contribution in [2.45, 2.75) is 6.92 Å². The van der Waals surface area contributed by atoms with Gasteiger partial charge < -0.3 is 24.0 Å². The van der Waals surface area contributed by atoms with E-state index in [4.69, 9.17) is 14.2 Å². The number of rotatable bonds is 3. The maximum atomic E-state index is 13.1. The normalized spacial score (nSPS) is 27.3. The fourth-order valence-corrected chi connectivity index (χ4v) is 5.08. The third-order valence-corrected chi connectivity index (χ3v) is 6.72. The van der Waals surface area contributed by atoms with E-state index in [0.29, 0.717) is 44.4 Å². The number of methoxy groups -OCH3 is 1. The predicted octanol–water partition coefficient (Wildman–Crippen LogP) is 0.972. The Morgan fingerprint density at radius 1 is 1.30 bits per heavy atom. The standard InChI is InChI=1S/C17H23N3O5S.ClH/c1-11-13(26-16(18-11)19-3-5-24-6-4-19)14(21)20-7-12-8-25-10-17(12,9-20)15(22)23-2;/h12H,3-10H2,1-2H3;1H/t12-,17-;/m0./s1. The number of nitrogens with zero attached hydrogens (tertiary/aromatic N) is 3. The zero-order valence-corrected chi connectivity index (χ0v) is 17.1. The third-order valence-electron chi connectivity index (χ3n) is 5.51. The minimum absolute atomic E-state index is 0. The van der Waals surface area contributed by atoms with E-state index < -0.39 is 5.41 Å². The Bertz CT molecular complexity index is 723. The number of hydrogen-bond acceptors (Lipinski definition) is 8. The summed E-state index contributed by atoms with van der Waals surface area (Å²) >= 11 is 1.42. The molecule has 3 aliphatic rings. The molecule has 3 saturated heterocycles. The number of aryl methyl sites for hydroxylation is 1. The van der Waals surface area contributed by atoms with Crippen LogP contribution in [0.25, 0.3) is 0 Å². The van der Waals surface area contributed by atoms with Gasteiger partial charge in [-0.25, -0.2) is 4.98 Å². The van der Waals surface area contributed by atoms with Crippen LogP contribution >= 0.6 is 23.7 Å². The van der Waals surface area contributed by atoms with Gasteiger partial charge >= 0.3 is 5.97 Å². The fourth-order valence-electron chi connectivity index (χ4n) is 4.00. The minimum Gasteiger partial charge on any atom is -0.468 e. The van der Waals surface area contributed by atoms with Crippen molar-refractivity contribution in [3.8, 4) is 0 Å². The van der Waals surface area contributed by atoms with E-state index in [-0.39, 0.29) is 30.2 Å². The number of carbonyl (C=O) groups is 2. The highest BCUT2D eigenvalue weighted by molar-refractivity contribution is 7.17. The van der Waals surface area contributed by atoms with Gasteiger partial charge in [-0.1, -0.05) is 11.3 Å². The number of halogens is 1. The van der Waals surface area contributed by atoms with Crippen molar-refractivity contribution < 1.29 is 23.8 Å². The van der Waals surface area contributed by atoms with Crippen LogP contribution in [0.15, 0.2) is 0 Å². The van der Waals surface area contributed by atoms with Crippen LogP contribution in [-0.2, 0) is 19.0 Å². The summed E-state index contributed by atoms with van der Waals surface area (Å²) in [5.41, 5.74) is 0.0117. The molecule has 3 fully saturated rings. The number of esters is 1. The second-order valence-electron chi connectivity index (χ2n) is 7.06. The van der Waals surface area contributed by atoms with Crippen molar-refractivity contribution in [3.63, 3.8) is 0 Å². The Hall–Kier alpha value is -1.42. The monoisotopic (exact) mass is 417 g/mol. The summed E-state index contributed by atoms with van der Waals surface area (Å²) in [6.45, 7) is 6.45. The number of aromatic nitrogens is 1. The zero-order valence-electron chi connectivity index (χ0n) is 15.4. The molecule has 2 atom stereocenters. The van der Waals surface area contributed by atoms with Gasteiger partial charge in [0, 0.05) is 32.1 Å². The van der Waals surface area contributed by atoms with Crippen LogP contribution in [0.4, 0.5) is 5.13 Å². The summed E-state index contributed by atoms with van der Waals surface area (Å²) in [4.78, 5) is 34.6. The number of carbonyl (C=O) groups excluding carboxylic acids is 2. The molecule has 150 valence electrons. The molecule has 3 aliphatic heterocycles. The van der Waals surface area contributed by atoms with E-state index in [9.17, 15) is 9.59 Å². The Morgan fingerprint density at radius 3 is 2.74 bits per heavy atom. The Balaban J connectivity index is 0.00000210. The van der Waals surface area contributed by atoms with E-state index in [1.807, 2.05) is 6.92 Å². The summed E-state index contributed by atoms with van der Waals surface area (Å²) in [5, 5.41) is 0.861. The first kappa shape index (κ1) is 20.3. The average molecular weight is 418 g/mol. The molecule has 4 heterocycles. The molecule has 8 nitrogen and oxygen atoms in total. The van der Waals surface area contributed by atoms with Gasteiger partial charge in [0.1, 0.15) is 10.3 Å². The van der Waals surface area contributed by atoms with Crippen molar-refractivity contribution in [2.75, 3.05) is 64.6 Å². The van der Waals surface area contributed by atoms with Gasteiger partial charge in [-0.15, -0.1) is 12.4 Å². The van der Waals surface area contributed by atoms with Crippen LogP contribution in [0.1, 0.15) is 15.4 Å². The number of likely N-dealkylation sites (tertiary alicyclic amines) is 1. The van der Waals surface area contributed by atoms with Crippen LogP contribution in [0.5, 0.6) is 0 Å². The summed E-state index contributed by atoms with van der Waals surface area (Å²) in [5.74, 6) is -0.353. The predicted molar refractivity (Wildman–Crippen MR) is 102 cm³/mol. The van der Waals surface area contributed by atoms with Gasteiger partial charge in [0.2, 0.25) is 0 Å². The molecule has 0 N–H and O–H groups in total. The highest BCUT2D eigenvalue weighted by atomic mass is 35.5. The second-order valence-corrected chi connectivity index (χ2v) is 8.03. The van der Waals surface area contributed by atoms with Gasteiger partial charge in [-0.3, -0.25) is 9.59 Å². The van der Waals surface area contributed by atoms with Crippen molar-refractivity contribution >= 4 is 40.8 Å². The fraction of sp³-hybridized carbons (Fsp3) is 0.706.